The molecule has 1 heterocycles. The first kappa shape index (κ1) is 24.8. The lowest BCUT2D eigenvalue weighted by molar-refractivity contribution is -0.139. The van der Waals surface area contributed by atoms with Crippen LogP contribution >= 0.6 is 27.5 Å². The van der Waals surface area contributed by atoms with Crippen LogP contribution in [-0.4, -0.2) is 31.2 Å². The van der Waals surface area contributed by atoms with Crippen LogP contribution in [0.15, 0.2) is 40.9 Å². The van der Waals surface area contributed by atoms with Crippen LogP contribution in [0.5, 0.6) is 0 Å². The lowest BCUT2D eigenvalue weighted by atomic mass is 9.94. The van der Waals surface area contributed by atoms with Crippen molar-refractivity contribution < 1.29 is 18.0 Å². The molecule has 1 fully saturated rings. The van der Waals surface area contributed by atoms with E-state index in [0.29, 0.717) is 26.2 Å². The summed E-state index contributed by atoms with van der Waals surface area (Å²) in [4.78, 5) is 12.6. The van der Waals surface area contributed by atoms with E-state index in [1.165, 1.54) is 18.2 Å². The maximum atomic E-state index is 13.8. The molecule has 1 aliphatic heterocycles. The maximum absolute atomic E-state index is 13.8. The van der Waals surface area contributed by atoms with Gasteiger partial charge in [-0.15, -0.1) is 0 Å². The Morgan fingerprint density at radius 3 is 2.50 bits per heavy atom. The number of halogens is 5. The smallest absolute Gasteiger partial charge is 0.349 e. The zero-order chi connectivity index (χ0) is 23.5. The minimum absolute atomic E-state index is 0.0962. The van der Waals surface area contributed by atoms with E-state index in [0.717, 1.165) is 37.6 Å². The van der Waals surface area contributed by atoms with Crippen molar-refractivity contribution in [3.63, 3.8) is 0 Å². The van der Waals surface area contributed by atoms with E-state index < -0.39 is 12.1 Å². The molecule has 0 bridgehead atoms. The van der Waals surface area contributed by atoms with Gasteiger partial charge in [-0.25, -0.2) is 0 Å². The highest BCUT2D eigenvalue weighted by Gasteiger charge is 2.39. The van der Waals surface area contributed by atoms with Crippen molar-refractivity contribution in [3.05, 3.63) is 73.7 Å². The molecular formula is C24H25BrClF3N2O. The van der Waals surface area contributed by atoms with Gasteiger partial charge in [-0.1, -0.05) is 35.9 Å². The van der Waals surface area contributed by atoms with Crippen LogP contribution in [0.2, 0.25) is 5.02 Å². The minimum Gasteiger partial charge on any atom is -0.349 e. The molecule has 2 N–H and O–H groups in total. The normalized spacial score (nSPS) is 16.3. The average molecular weight is 530 g/mol. The minimum atomic E-state index is -4.46. The summed E-state index contributed by atoms with van der Waals surface area (Å²) in [5, 5.41) is 6.57. The number of aryl methyl sites for hydroxylation is 1. The number of piperidine rings is 1. The van der Waals surface area contributed by atoms with E-state index in [4.69, 9.17) is 11.6 Å². The van der Waals surface area contributed by atoms with Gasteiger partial charge in [0.2, 0.25) is 0 Å². The molecule has 32 heavy (non-hydrogen) atoms. The maximum Gasteiger partial charge on any atom is 0.399 e. The number of hydrogen-bond acceptors (Lipinski definition) is 2. The second-order valence-corrected chi connectivity index (χ2v) is 9.32. The molecule has 8 heteroatoms. The molecule has 1 amide bonds. The fourth-order valence-corrected chi connectivity index (χ4v) is 4.54. The van der Waals surface area contributed by atoms with Crippen LogP contribution in [-0.2, 0) is 0 Å². The predicted octanol–water partition coefficient (Wildman–Crippen LogP) is 6.56. The second-order valence-electron chi connectivity index (χ2n) is 8.06. The zero-order valence-electron chi connectivity index (χ0n) is 17.8. The van der Waals surface area contributed by atoms with Gasteiger partial charge < -0.3 is 10.6 Å². The van der Waals surface area contributed by atoms with Gasteiger partial charge in [0.1, 0.15) is 0 Å². The van der Waals surface area contributed by atoms with Crippen LogP contribution in [0.1, 0.15) is 51.4 Å². The summed E-state index contributed by atoms with van der Waals surface area (Å²) >= 11 is 9.51. The van der Waals surface area contributed by atoms with Crippen molar-refractivity contribution in [2.75, 3.05) is 13.1 Å². The monoisotopic (exact) mass is 528 g/mol. The van der Waals surface area contributed by atoms with Crippen molar-refractivity contribution in [3.8, 4) is 0 Å². The Morgan fingerprint density at radius 2 is 1.91 bits per heavy atom. The highest BCUT2D eigenvalue weighted by molar-refractivity contribution is 9.10. The van der Waals surface area contributed by atoms with Gasteiger partial charge in [-0.05, 0) is 96.2 Å². The standard InChI is InChI=1S/C24H25BrClF3N2O/c1-14-11-17(13-22(26)15(14)2)20(24(27,28)29)6-4-16-3-5-19(21(25)12-16)23(32)31-18-7-9-30-10-8-18/h3-6,11-13,18,20,30H,7-10H2,1-2H3,(H,31,32)/b6-4+. The van der Waals surface area contributed by atoms with Gasteiger partial charge in [-0.3, -0.25) is 4.79 Å². The number of benzene rings is 2. The summed E-state index contributed by atoms with van der Waals surface area (Å²) in [6, 6.07) is 7.92. The lowest BCUT2D eigenvalue weighted by Crippen LogP contribution is -2.42. The van der Waals surface area contributed by atoms with Crippen LogP contribution in [0.4, 0.5) is 13.2 Å². The second kappa shape index (κ2) is 10.4. The average Bonchev–Trinajstić information content (AvgIpc) is 2.71. The van der Waals surface area contributed by atoms with Crippen molar-refractivity contribution in [1.29, 1.82) is 0 Å². The van der Waals surface area contributed by atoms with Gasteiger partial charge in [-0.2, -0.15) is 13.2 Å². The van der Waals surface area contributed by atoms with Crippen LogP contribution < -0.4 is 10.6 Å². The summed E-state index contributed by atoms with van der Waals surface area (Å²) < 4.78 is 41.9. The van der Waals surface area contributed by atoms with Crippen LogP contribution in [0.3, 0.4) is 0 Å². The van der Waals surface area contributed by atoms with E-state index in [-0.39, 0.29) is 17.5 Å². The Kier molecular flexibility index (Phi) is 8.06. The van der Waals surface area contributed by atoms with Gasteiger partial charge in [0.05, 0.1) is 11.5 Å². The predicted molar refractivity (Wildman–Crippen MR) is 126 cm³/mol. The third-order valence-corrected chi connectivity index (χ3v) is 6.78. The molecule has 3 rings (SSSR count). The zero-order valence-corrected chi connectivity index (χ0v) is 20.2. The van der Waals surface area contributed by atoms with E-state index >= 15 is 0 Å². The molecule has 3 nitrogen and oxygen atoms in total. The van der Waals surface area contributed by atoms with Crippen molar-refractivity contribution in [1.82, 2.24) is 10.6 Å². The number of carbonyl (C=O) groups excluding carboxylic acids is 1. The summed E-state index contributed by atoms with van der Waals surface area (Å²) in [5.41, 5.74) is 2.58. The molecule has 0 aromatic heterocycles. The first-order valence-electron chi connectivity index (χ1n) is 10.4. The highest BCUT2D eigenvalue weighted by atomic mass is 79.9. The lowest BCUT2D eigenvalue weighted by Gasteiger charge is -2.23. The molecule has 0 spiro atoms. The molecule has 0 radical (unpaired) electrons. The number of alkyl halides is 3. The summed E-state index contributed by atoms with van der Waals surface area (Å²) in [6.07, 6.45) is -0.193. The summed E-state index contributed by atoms with van der Waals surface area (Å²) in [6.45, 7) is 5.25. The van der Waals surface area contributed by atoms with Gasteiger partial charge in [0.15, 0.2) is 0 Å². The Labute approximate surface area is 199 Å². The Morgan fingerprint density at radius 1 is 1.22 bits per heavy atom. The molecule has 1 unspecified atom stereocenters. The fourth-order valence-electron chi connectivity index (χ4n) is 3.69. The number of hydrogen-bond donors (Lipinski definition) is 2. The third-order valence-electron chi connectivity index (χ3n) is 5.73. The number of nitrogens with one attached hydrogen (secondary N) is 2. The molecule has 2 aromatic carbocycles. The van der Waals surface area contributed by atoms with Crippen molar-refractivity contribution in [2.45, 2.75) is 44.8 Å². The SMILES string of the molecule is Cc1cc(C(/C=C/c2ccc(C(=O)NC3CCNCC3)c(Br)c2)C(F)(F)F)cc(Cl)c1C. The van der Waals surface area contributed by atoms with E-state index in [2.05, 4.69) is 26.6 Å². The molecule has 2 aromatic rings. The Balaban J connectivity index is 1.80. The molecule has 0 saturated carbocycles. The number of amides is 1. The first-order valence-corrected chi connectivity index (χ1v) is 11.6. The Bertz CT molecular complexity index is 994. The van der Waals surface area contributed by atoms with Crippen molar-refractivity contribution in [2.24, 2.45) is 0 Å². The van der Waals surface area contributed by atoms with Gasteiger partial charge in [0.25, 0.3) is 5.91 Å². The van der Waals surface area contributed by atoms with E-state index in [9.17, 15) is 18.0 Å². The molecule has 1 saturated heterocycles. The molecule has 1 aliphatic rings. The third kappa shape index (κ3) is 6.15. The molecular weight excluding hydrogens is 505 g/mol. The molecule has 0 aliphatic carbocycles. The van der Waals surface area contributed by atoms with Gasteiger partial charge >= 0.3 is 6.18 Å². The summed E-state index contributed by atoms with van der Waals surface area (Å²) in [7, 11) is 0. The van der Waals surface area contributed by atoms with Crippen LogP contribution in [0, 0.1) is 13.8 Å². The molecule has 172 valence electrons. The van der Waals surface area contributed by atoms with Crippen molar-refractivity contribution >= 4 is 39.5 Å². The first-order chi connectivity index (χ1) is 15.1. The van der Waals surface area contributed by atoms with E-state index in [1.54, 1.807) is 32.0 Å². The van der Waals surface area contributed by atoms with E-state index in [1.807, 2.05) is 0 Å². The quantitative estimate of drug-likeness (QED) is 0.461. The topological polar surface area (TPSA) is 41.1 Å². The number of carbonyl (C=O) groups is 1. The Hall–Kier alpha value is -1.83. The van der Waals surface area contributed by atoms with Gasteiger partial charge in [0, 0.05) is 15.5 Å². The fraction of sp³-hybridized carbons (Fsp3) is 0.375. The molecule has 1 atom stereocenters. The van der Waals surface area contributed by atoms with Crippen LogP contribution in [0.25, 0.3) is 6.08 Å². The largest absolute Gasteiger partial charge is 0.399 e. The number of rotatable bonds is 5. The highest BCUT2D eigenvalue weighted by Crippen LogP contribution is 2.38. The number of allylic oxidation sites excluding steroid dienone is 1. The summed E-state index contributed by atoms with van der Waals surface area (Å²) in [5.74, 6) is -1.99.